The van der Waals surface area contributed by atoms with Crippen LogP contribution in [0.2, 0.25) is 0 Å². The molecular weight excluding hydrogens is 364 g/mol. The number of hydrogen-bond acceptors (Lipinski definition) is 7. The molecule has 7 nitrogen and oxygen atoms in total. The number of aliphatic hydroxyl groups is 2. The van der Waals surface area contributed by atoms with Gasteiger partial charge in [-0.2, -0.15) is 0 Å². The fraction of sp³-hybridized carbons (Fsp3) is 0.333. The molecule has 0 saturated carbocycles. The highest BCUT2D eigenvalue weighted by atomic mass is 16.5. The van der Waals surface area contributed by atoms with Crippen molar-refractivity contribution in [1.29, 1.82) is 0 Å². The Morgan fingerprint density at radius 3 is 2.61 bits per heavy atom. The molecule has 0 aromatic heterocycles. The second kappa shape index (κ2) is 6.61. The fourth-order valence-corrected chi connectivity index (χ4v) is 4.38. The molecule has 2 aromatic carbocycles. The Hall–Kier alpha value is -2.90. The predicted molar refractivity (Wildman–Crippen MR) is 97.9 cm³/mol. The minimum atomic E-state index is -1.34. The van der Waals surface area contributed by atoms with E-state index in [4.69, 9.17) is 9.84 Å². The Labute approximate surface area is 160 Å². The zero-order chi connectivity index (χ0) is 20.2. The lowest BCUT2D eigenvalue weighted by molar-refractivity contribution is -0.125. The highest BCUT2D eigenvalue weighted by Gasteiger charge is 2.40. The first kappa shape index (κ1) is 18.5. The van der Waals surface area contributed by atoms with Crippen LogP contribution in [0.25, 0.3) is 0 Å². The minimum Gasteiger partial charge on any atom is -0.507 e. The van der Waals surface area contributed by atoms with Crippen molar-refractivity contribution >= 4 is 11.6 Å². The van der Waals surface area contributed by atoms with Crippen LogP contribution >= 0.6 is 0 Å². The van der Waals surface area contributed by atoms with Crippen molar-refractivity contribution in [3.05, 3.63) is 51.6 Å². The number of benzene rings is 2. The van der Waals surface area contributed by atoms with E-state index in [1.54, 1.807) is 12.1 Å². The molecule has 4 rings (SSSR count). The van der Waals surface area contributed by atoms with Crippen LogP contribution in [-0.4, -0.2) is 45.7 Å². The Balaban J connectivity index is 1.93. The number of fused-ring (bicyclic) bond motifs is 3. The average molecular weight is 384 g/mol. The largest absolute Gasteiger partial charge is 0.507 e. The van der Waals surface area contributed by atoms with Gasteiger partial charge in [-0.1, -0.05) is 12.1 Å². The smallest absolute Gasteiger partial charge is 0.197 e. The first-order chi connectivity index (χ1) is 13.4. The number of rotatable bonds is 3. The van der Waals surface area contributed by atoms with Crippen LogP contribution in [-0.2, 0) is 17.6 Å². The summed E-state index contributed by atoms with van der Waals surface area (Å²) in [7, 11) is 1.42. The number of carbonyl (C=O) groups excluding carboxylic acids is 2. The third-order valence-electron chi connectivity index (χ3n) is 5.81. The van der Waals surface area contributed by atoms with Crippen molar-refractivity contribution < 1.29 is 34.8 Å². The van der Waals surface area contributed by atoms with Crippen LogP contribution in [0.5, 0.6) is 17.2 Å². The maximum atomic E-state index is 13.1. The molecule has 0 saturated heterocycles. The molecule has 7 heteroatoms. The zero-order valence-electron chi connectivity index (χ0n) is 15.2. The number of methoxy groups -OCH3 is 1. The van der Waals surface area contributed by atoms with Gasteiger partial charge in [-0.15, -0.1) is 0 Å². The predicted octanol–water partition coefficient (Wildman–Crippen LogP) is 1.40. The molecule has 2 atom stereocenters. The Kier molecular flexibility index (Phi) is 4.36. The normalized spacial score (nSPS) is 20.2. The van der Waals surface area contributed by atoms with E-state index < -0.39 is 24.4 Å². The van der Waals surface area contributed by atoms with Gasteiger partial charge in [-0.25, -0.2) is 0 Å². The van der Waals surface area contributed by atoms with E-state index in [0.29, 0.717) is 23.3 Å². The second-order valence-corrected chi connectivity index (χ2v) is 7.16. The quantitative estimate of drug-likeness (QED) is 0.590. The Bertz CT molecular complexity index is 1010. The summed E-state index contributed by atoms with van der Waals surface area (Å²) < 4.78 is 5.26. The molecule has 0 radical (unpaired) electrons. The molecule has 2 aromatic rings. The van der Waals surface area contributed by atoms with E-state index in [9.17, 15) is 24.9 Å². The number of phenols is 2. The summed E-state index contributed by atoms with van der Waals surface area (Å²) in [6, 6.07) is 4.75. The number of aliphatic hydroxyl groups excluding tert-OH is 2. The standard InChI is InChI=1S/C21H20O7/c1-28-14-4-2-3-11-15(14)21(27)17-16(19(11)25)20(26)12-7-9(13(23)8-22)5-6-10(12)18(17)24/h2-4,9,21-22,24,26-27H,5-8H2,1H3. The number of ketones is 2. The van der Waals surface area contributed by atoms with Crippen molar-refractivity contribution in [2.24, 2.45) is 5.92 Å². The summed E-state index contributed by atoms with van der Waals surface area (Å²) in [5.74, 6) is -1.61. The molecule has 0 fully saturated rings. The topological polar surface area (TPSA) is 124 Å². The number of Topliss-reactive ketones (excluding diaryl/α,β-unsaturated/α-hetero) is 1. The minimum absolute atomic E-state index is 0.0369. The highest BCUT2D eigenvalue weighted by Crippen LogP contribution is 2.51. The molecule has 0 spiro atoms. The molecule has 28 heavy (non-hydrogen) atoms. The number of aromatic hydroxyl groups is 2. The van der Waals surface area contributed by atoms with E-state index in [1.807, 2.05) is 0 Å². The summed E-state index contributed by atoms with van der Waals surface area (Å²) in [4.78, 5) is 25.0. The number of hydrogen-bond donors (Lipinski definition) is 4. The lowest BCUT2D eigenvalue weighted by Crippen LogP contribution is -2.27. The van der Waals surface area contributed by atoms with Crippen molar-refractivity contribution in [2.75, 3.05) is 13.7 Å². The lowest BCUT2D eigenvalue weighted by Gasteiger charge is -2.32. The number of carbonyl (C=O) groups is 2. The third-order valence-corrected chi connectivity index (χ3v) is 5.81. The van der Waals surface area contributed by atoms with Crippen LogP contribution in [0.1, 0.15) is 50.7 Å². The molecule has 2 unspecified atom stereocenters. The fourth-order valence-electron chi connectivity index (χ4n) is 4.38. The number of ether oxygens (including phenoxy) is 1. The Morgan fingerprint density at radius 2 is 1.93 bits per heavy atom. The van der Waals surface area contributed by atoms with E-state index >= 15 is 0 Å². The molecule has 146 valence electrons. The van der Waals surface area contributed by atoms with Gasteiger partial charge < -0.3 is 25.2 Å². The van der Waals surface area contributed by atoms with Gasteiger partial charge in [-0.3, -0.25) is 9.59 Å². The lowest BCUT2D eigenvalue weighted by atomic mass is 9.74. The van der Waals surface area contributed by atoms with Crippen molar-refractivity contribution in [2.45, 2.75) is 25.4 Å². The van der Waals surface area contributed by atoms with Gasteiger partial charge in [0.1, 0.15) is 30.0 Å². The average Bonchev–Trinajstić information content (AvgIpc) is 2.72. The van der Waals surface area contributed by atoms with E-state index in [0.717, 1.165) is 0 Å². The van der Waals surface area contributed by atoms with Gasteiger partial charge in [0, 0.05) is 33.7 Å². The van der Waals surface area contributed by atoms with Crippen LogP contribution in [0.4, 0.5) is 0 Å². The van der Waals surface area contributed by atoms with Gasteiger partial charge in [0.15, 0.2) is 11.6 Å². The molecule has 0 heterocycles. The number of phenolic OH excluding ortho intramolecular Hbond substituents is 2. The van der Waals surface area contributed by atoms with Crippen LogP contribution < -0.4 is 4.74 Å². The molecule has 0 aliphatic heterocycles. The summed E-state index contributed by atoms with van der Waals surface area (Å²) in [5, 5.41) is 41.8. The molecule has 0 amide bonds. The van der Waals surface area contributed by atoms with Gasteiger partial charge in [0.05, 0.1) is 12.7 Å². The zero-order valence-corrected chi connectivity index (χ0v) is 15.2. The van der Waals surface area contributed by atoms with E-state index in [1.165, 1.54) is 13.2 Å². The SMILES string of the molecule is COc1cccc2c1C(O)c1c(O)c3c(c(O)c1C2=O)CC(C(=O)CO)CC3. The van der Waals surface area contributed by atoms with Gasteiger partial charge in [0.2, 0.25) is 0 Å². The van der Waals surface area contributed by atoms with Crippen molar-refractivity contribution in [1.82, 2.24) is 0 Å². The van der Waals surface area contributed by atoms with Crippen molar-refractivity contribution in [3.63, 3.8) is 0 Å². The highest BCUT2D eigenvalue weighted by molar-refractivity contribution is 6.15. The van der Waals surface area contributed by atoms with Crippen molar-refractivity contribution in [3.8, 4) is 17.2 Å². The van der Waals surface area contributed by atoms with E-state index in [-0.39, 0.29) is 52.4 Å². The molecule has 4 N–H and O–H groups in total. The molecule has 2 aliphatic rings. The monoisotopic (exact) mass is 384 g/mol. The van der Waals surface area contributed by atoms with Gasteiger partial charge in [-0.05, 0) is 25.3 Å². The van der Waals surface area contributed by atoms with Gasteiger partial charge in [0.25, 0.3) is 0 Å². The van der Waals surface area contributed by atoms with Crippen LogP contribution in [0.15, 0.2) is 18.2 Å². The van der Waals surface area contributed by atoms with E-state index in [2.05, 4.69) is 0 Å². The summed E-state index contributed by atoms with van der Waals surface area (Å²) in [6.45, 7) is -0.595. The first-order valence-corrected chi connectivity index (χ1v) is 9.03. The van der Waals surface area contributed by atoms with Crippen LogP contribution in [0, 0.1) is 5.92 Å². The van der Waals surface area contributed by atoms with Gasteiger partial charge >= 0.3 is 0 Å². The molecule has 2 aliphatic carbocycles. The summed E-state index contributed by atoms with van der Waals surface area (Å²) >= 11 is 0. The molecular formula is C21H20O7. The third kappa shape index (κ3) is 2.43. The summed E-state index contributed by atoms with van der Waals surface area (Å²) in [5.41, 5.74) is 0.991. The maximum Gasteiger partial charge on any atom is 0.197 e. The second-order valence-electron chi connectivity index (χ2n) is 7.16. The summed E-state index contributed by atoms with van der Waals surface area (Å²) in [6.07, 6.45) is -0.525. The van der Waals surface area contributed by atoms with Crippen LogP contribution in [0.3, 0.4) is 0 Å². The Morgan fingerprint density at radius 1 is 1.18 bits per heavy atom. The maximum absolute atomic E-state index is 13.1. The first-order valence-electron chi connectivity index (χ1n) is 9.03. The molecule has 0 bridgehead atoms.